The van der Waals surface area contributed by atoms with Crippen LogP contribution in [0.15, 0.2) is 18.2 Å². The minimum absolute atomic E-state index is 0.116. The summed E-state index contributed by atoms with van der Waals surface area (Å²) in [6, 6.07) is 3.61. The van der Waals surface area contributed by atoms with Crippen LogP contribution in [0.1, 0.15) is 64.4 Å². The number of unbranched alkanes of at least 4 members (excludes halogenated alkanes) is 1. The van der Waals surface area contributed by atoms with Crippen LogP contribution in [-0.2, 0) is 0 Å². The molecule has 122 valence electrons. The molecular formula is C19H26ClFO. The van der Waals surface area contributed by atoms with Crippen molar-refractivity contribution in [1.29, 1.82) is 0 Å². The van der Waals surface area contributed by atoms with E-state index in [9.17, 15) is 4.39 Å². The normalized spacial score (nSPS) is 18.2. The van der Waals surface area contributed by atoms with E-state index in [1.54, 1.807) is 6.07 Å². The highest BCUT2D eigenvalue weighted by atomic mass is 35.5. The number of rotatable bonds is 7. The third kappa shape index (κ3) is 4.25. The van der Waals surface area contributed by atoms with Gasteiger partial charge in [-0.05, 0) is 49.3 Å². The molecule has 0 bridgehead atoms. The van der Waals surface area contributed by atoms with E-state index in [-0.39, 0.29) is 10.8 Å². The lowest BCUT2D eigenvalue weighted by Gasteiger charge is -2.22. The molecule has 1 nitrogen and oxygen atoms in total. The van der Waals surface area contributed by atoms with Crippen molar-refractivity contribution in [2.24, 2.45) is 5.92 Å². The summed E-state index contributed by atoms with van der Waals surface area (Å²) >= 11 is 6.15. The molecule has 1 aliphatic rings. The standard InChI is InChI=1S/C19H26ClFO/c1-3-5-13-22-17-12-11-16(19(21)18(17)20)15-9-7-14(6-4-2)8-10-15/h9,11-12,14H,3-8,10,13H2,1-2H3. The van der Waals surface area contributed by atoms with Crippen molar-refractivity contribution < 1.29 is 9.13 Å². The first-order valence-corrected chi connectivity index (χ1v) is 8.85. The second-order valence-corrected chi connectivity index (χ2v) is 6.48. The molecule has 3 heteroatoms. The Hall–Kier alpha value is -1.02. The molecule has 0 N–H and O–H groups in total. The van der Waals surface area contributed by atoms with E-state index in [1.165, 1.54) is 12.8 Å². The predicted octanol–water partition coefficient (Wildman–Crippen LogP) is 6.64. The lowest BCUT2D eigenvalue weighted by atomic mass is 9.84. The number of hydrogen-bond acceptors (Lipinski definition) is 1. The molecule has 0 saturated heterocycles. The molecule has 1 aliphatic carbocycles. The molecule has 0 fully saturated rings. The topological polar surface area (TPSA) is 9.23 Å². The molecule has 0 saturated carbocycles. The third-order valence-electron chi connectivity index (χ3n) is 4.36. The fourth-order valence-corrected chi connectivity index (χ4v) is 3.24. The minimum Gasteiger partial charge on any atom is -0.492 e. The fraction of sp³-hybridized carbons (Fsp3) is 0.579. The van der Waals surface area contributed by atoms with Crippen molar-refractivity contribution in [3.63, 3.8) is 0 Å². The molecule has 0 spiro atoms. The average molecular weight is 325 g/mol. The molecule has 1 aromatic carbocycles. The van der Waals surface area contributed by atoms with Gasteiger partial charge in [0.1, 0.15) is 10.8 Å². The van der Waals surface area contributed by atoms with E-state index >= 15 is 0 Å². The maximum atomic E-state index is 14.5. The van der Waals surface area contributed by atoms with Crippen molar-refractivity contribution in [2.45, 2.75) is 58.8 Å². The summed E-state index contributed by atoms with van der Waals surface area (Å²) < 4.78 is 20.1. The van der Waals surface area contributed by atoms with Gasteiger partial charge in [-0.2, -0.15) is 0 Å². The van der Waals surface area contributed by atoms with Crippen LogP contribution in [0, 0.1) is 11.7 Å². The van der Waals surface area contributed by atoms with Crippen molar-refractivity contribution >= 4 is 17.2 Å². The van der Waals surface area contributed by atoms with Gasteiger partial charge in [0.25, 0.3) is 0 Å². The minimum atomic E-state index is -0.337. The fourth-order valence-electron chi connectivity index (χ4n) is 3.02. The highest BCUT2D eigenvalue weighted by Crippen LogP contribution is 2.37. The molecule has 0 radical (unpaired) electrons. The van der Waals surface area contributed by atoms with Crippen molar-refractivity contribution in [2.75, 3.05) is 6.61 Å². The van der Waals surface area contributed by atoms with E-state index in [4.69, 9.17) is 16.3 Å². The van der Waals surface area contributed by atoms with Crippen LogP contribution in [0.3, 0.4) is 0 Å². The first kappa shape index (κ1) is 17.3. The molecular weight excluding hydrogens is 299 g/mol. The van der Waals surface area contributed by atoms with E-state index in [0.29, 0.717) is 17.9 Å². The zero-order valence-corrected chi connectivity index (χ0v) is 14.4. The Labute approximate surface area is 138 Å². The molecule has 1 atom stereocenters. The van der Waals surface area contributed by atoms with Crippen LogP contribution in [0.5, 0.6) is 5.75 Å². The van der Waals surface area contributed by atoms with Crippen LogP contribution in [0.4, 0.5) is 4.39 Å². The Morgan fingerprint density at radius 2 is 2.09 bits per heavy atom. The molecule has 0 aliphatic heterocycles. The number of allylic oxidation sites excluding steroid dienone is 2. The highest BCUT2D eigenvalue weighted by molar-refractivity contribution is 6.32. The molecule has 0 aromatic heterocycles. The monoisotopic (exact) mass is 324 g/mol. The predicted molar refractivity (Wildman–Crippen MR) is 92.0 cm³/mol. The highest BCUT2D eigenvalue weighted by Gasteiger charge is 2.19. The molecule has 22 heavy (non-hydrogen) atoms. The molecule has 1 aromatic rings. The van der Waals surface area contributed by atoms with E-state index in [1.807, 2.05) is 6.07 Å². The van der Waals surface area contributed by atoms with E-state index < -0.39 is 0 Å². The molecule has 1 unspecified atom stereocenters. The van der Waals surface area contributed by atoms with Crippen LogP contribution >= 0.6 is 11.6 Å². The van der Waals surface area contributed by atoms with Crippen molar-refractivity contribution in [3.05, 3.63) is 34.6 Å². The summed E-state index contributed by atoms with van der Waals surface area (Å²) in [5, 5.41) is 0.116. The zero-order chi connectivity index (χ0) is 15.9. The van der Waals surface area contributed by atoms with Crippen molar-refractivity contribution in [3.8, 4) is 5.75 Å². The second-order valence-electron chi connectivity index (χ2n) is 6.10. The van der Waals surface area contributed by atoms with E-state index in [0.717, 1.165) is 43.6 Å². The Bertz CT molecular complexity index is 524. The third-order valence-corrected chi connectivity index (χ3v) is 4.72. The van der Waals surface area contributed by atoms with Crippen LogP contribution in [0.2, 0.25) is 5.02 Å². The quantitative estimate of drug-likeness (QED) is 0.511. The summed E-state index contributed by atoms with van der Waals surface area (Å²) in [6.45, 7) is 4.89. The number of benzene rings is 1. The second kappa shape index (κ2) is 8.57. The number of hydrogen-bond donors (Lipinski definition) is 0. The lowest BCUT2D eigenvalue weighted by molar-refractivity contribution is 0.308. The first-order chi connectivity index (χ1) is 10.7. The van der Waals surface area contributed by atoms with Gasteiger partial charge >= 0.3 is 0 Å². The molecule has 2 rings (SSSR count). The van der Waals surface area contributed by atoms with E-state index in [2.05, 4.69) is 19.9 Å². The van der Waals surface area contributed by atoms with Gasteiger partial charge in [-0.1, -0.05) is 50.8 Å². The summed E-state index contributed by atoms with van der Waals surface area (Å²) in [5.41, 5.74) is 1.73. The van der Waals surface area contributed by atoms with Crippen LogP contribution < -0.4 is 4.74 Å². The maximum absolute atomic E-state index is 14.5. The number of halogens is 2. The summed E-state index contributed by atoms with van der Waals surface area (Å²) in [7, 11) is 0. The Morgan fingerprint density at radius 3 is 2.73 bits per heavy atom. The largest absolute Gasteiger partial charge is 0.492 e. The van der Waals surface area contributed by atoms with Crippen LogP contribution in [-0.4, -0.2) is 6.61 Å². The smallest absolute Gasteiger partial charge is 0.153 e. The SMILES string of the molecule is CCCCOc1ccc(C2=CCC(CCC)CC2)c(F)c1Cl. The van der Waals surface area contributed by atoms with Gasteiger partial charge < -0.3 is 4.74 Å². The maximum Gasteiger partial charge on any atom is 0.153 e. The van der Waals surface area contributed by atoms with Crippen molar-refractivity contribution in [1.82, 2.24) is 0 Å². The summed E-state index contributed by atoms with van der Waals surface area (Å²) in [4.78, 5) is 0. The van der Waals surface area contributed by atoms with Gasteiger partial charge in [0, 0.05) is 5.56 Å². The van der Waals surface area contributed by atoms with Gasteiger partial charge in [-0.15, -0.1) is 0 Å². The number of ether oxygens (including phenoxy) is 1. The zero-order valence-electron chi connectivity index (χ0n) is 13.6. The summed E-state index contributed by atoms with van der Waals surface area (Å²) in [5.74, 6) is 0.872. The van der Waals surface area contributed by atoms with Crippen LogP contribution in [0.25, 0.3) is 5.57 Å². The Balaban J connectivity index is 2.11. The first-order valence-electron chi connectivity index (χ1n) is 8.47. The van der Waals surface area contributed by atoms with Gasteiger partial charge in [-0.3, -0.25) is 0 Å². The average Bonchev–Trinajstić information content (AvgIpc) is 2.53. The molecule has 0 amide bonds. The summed E-state index contributed by atoms with van der Waals surface area (Å²) in [6.07, 6.45) is 9.80. The lowest BCUT2D eigenvalue weighted by Crippen LogP contribution is -2.06. The Morgan fingerprint density at radius 1 is 1.27 bits per heavy atom. The van der Waals surface area contributed by atoms with Gasteiger partial charge in [0.05, 0.1) is 6.61 Å². The molecule has 0 heterocycles. The van der Waals surface area contributed by atoms with Gasteiger partial charge in [0.15, 0.2) is 5.82 Å². The van der Waals surface area contributed by atoms with Gasteiger partial charge in [0.2, 0.25) is 0 Å². The Kier molecular flexibility index (Phi) is 6.75. The van der Waals surface area contributed by atoms with Gasteiger partial charge in [-0.25, -0.2) is 4.39 Å².